The number of carboxylic acids is 2. The number of carbonyl (C=O) groups excluding carboxylic acids is 3. The molecule has 2 unspecified atom stereocenters. The Balaban J connectivity index is 0.000000244. The van der Waals surface area contributed by atoms with Crippen LogP contribution >= 0.6 is 0 Å². The molecular formula is C20H30N2O8. The summed E-state index contributed by atoms with van der Waals surface area (Å²) in [6, 6.07) is -1.62. The number of rotatable bonds is 5. The molecule has 0 bridgehead atoms. The highest BCUT2D eigenvalue weighted by atomic mass is 16.6. The number of carbonyl (C=O) groups is 5. The van der Waals surface area contributed by atoms with Crippen molar-refractivity contribution in [2.24, 2.45) is 16.6 Å². The zero-order valence-corrected chi connectivity index (χ0v) is 17.5. The van der Waals surface area contributed by atoms with E-state index in [1.807, 2.05) is 0 Å². The smallest absolute Gasteiger partial charge is 0.408 e. The molecule has 1 spiro atoms. The van der Waals surface area contributed by atoms with Gasteiger partial charge in [-0.2, -0.15) is 0 Å². The van der Waals surface area contributed by atoms with E-state index in [1.54, 1.807) is 20.8 Å². The molecule has 168 valence electrons. The second kappa shape index (κ2) is 8.33. The highest BCUT2D eigenvalue weighted by molar-refractivity contribution is 6.07. The number of nitrogens with one attached hydrogen (secondary N) is 1. The third-order valence-corrected chi connectivity index (χ3v) is 5.70. The number of aliphatic carboxylic acids is 2. The number of nitrogens with two attached hydrogens (primary N) is 1. The van der Waals surface area contributed by atoms with Gasteiger partial charge in [0.2, 0.25) is 0 Å². The van der Waals surface area contributed by atoms with Gasteiger partial charge in [-0.1, -0.05) is 0 Å². The monoisotopic (exact) mass is 426 g/mol. The minimum atomic E-state index is -1.27. The number of amides is 1. The zero-order valence-electron chi connectivity index (χ0n) is 17.5. The van der Waals surface area contributed by atoms with Gasteiger partial charge in [0.05, 0.1) is 17.9 Å². The lowest BCUT2D eigenvalue weighted by atomic mass is 9.81. The molecule has 1 amide bonds. The lowest BCUT2D eigenvalue weighted by molar-refractivity contribution is -0.146. The molecule has 0 aliphatic heterocycles. The predicted molar refractivity (Wildman–Crippen MR) is 104 cm³/mol. The molecule has 2 atom stereocenters. The molecule has 3 saturated carbocycles. The fraction of sp³-hybridized carbons (Fsp3) is 0.750. The Morgan fingerprint density at radius 3 is 2.13 bits per heavy atom. The number of carboxylic acid groups (broad SMARTS) is 2. The van der Waals surface area contributed by atoms with Gasteiger partial charge in [-0.25, -0.2) is 9.59 Å². The minimum Gasteiger partial charge on any atom is -0.481 e. The maximum atomic E-state index is 11.5. The summed E-state index contributed by atoms with van der Waals surface area (Å²) in [6.07, 6.45) is 2.47. The summed E-state index contributed by atoms with van der Waals surface area (Å²) >= 11 is 0. The second-order valence-electron chi connectivity index (χ2n) is 9.48. The Hall–Kier alpha value is -2.49. The van der Waals surface area contributed by atoms with Gasteiger partial charge < -0.3 is 26.0 Å². The van der Waals surface area contributed by atoms with Crippen LogP contribution in [-0.4, -0.2) is 57.5 Å². The Kier molecular flexibility index (Phi) is 6.60. The van der Waals surface area contributed by atoms with E-state index < -0.39 is 35.1 Å². The summed E-state index contributed by atoms with van der Waals surface area (Å²) in [5.74, 6) is -2.24. The summed E-state index contributed by atoms with van der Waals surface area (Å²) in [6.45, 7) is 4.96. The van der Waals surface area contributed by atoms with Crippen LogP contribution in [-0.2, 0) is 23.9 Å². The standard InChI is InChI=1S/C12H19NO6.C8H11NO2/c1-11(2,3)19-10(18)13-7(8(14)15)6-12(4-5-12)9(16)17;9-5-4-8(1-2-8)7(11)3-6(5)10/h7H,4-6H2,1-3H3,(H,13,18)(H,14,15)(H,16,17);5H,1-4,9H2. The van der Waals surface area contributed by atoms with Crippen molar-refractivity contribution in [3.8, 4) is 0 Å². The van der Waals surface area contributed by atoms with E-state index in [0.717, 1.165) is 12.8 Å². The van der Waals surface area contributed by atoms with Crippen molar-refractivity contribution in [2.75, 3.05) is 0 Å². The summed E-state index contributed by atoms with van der Waals surface area (Å²) < 4.78 is 4.95. The van der Waals surface area contributed by atoms with Gasteiger partial charge in [0.1, 0.15) is 17.4 Å². The van der Waals surface area contributed by atoms with E-state index in [9.17, 15) is 24.0 Å². The van der Waals surface area contributed by atoms with E-state index in [2.05, 4.69) is 5.32 Å². The Morgan fingerprint density at radius 2 is 1.73 bits per heavy atom. The molecule has 3 rings (SSSR count). The summed E-state index contributed by atoms with van der Waals surface area (Å²) in [7, 11) is 0. The van der Waals surface area contributed by atoms with Crippen LogP contribution in [0.3, 0.4) is 0 Å². The van der Waals surface area contributed by atoms with Crippen LogP contribution in [0.1, 0.15) is 65.7 Å². The van der Waals surface area contributed by atoms with Crippen molar-refractivity contribution in [1.82, 2.24) is 5.32 Å². The van der Waals surface area contributed by atoms with Crippen LogP contribution < -0.4 is 11.1 Å². The van der Waals surface area contributed by atoms with Crippen LogP contribution in [0.2, 0.25) is 0 Å². The number of hydrogen-bond donors (Lipinski definition) is 4. The molecule has 0 saturated heterocycles. The highest BCUT2D eigenvalue weighted by Gasteiger charge is 2.54. The van der Waals surface area contributed by atoms with Crippen molar-refractivity contribution in [3.63, 3.8) is 0 Å². The van der Waals surface area contributed by atoms with Crippen LogP contribution in [0.25, 0.3) is 0 Å². The summed E-state index contributed by atoms with van der Waals surface area (Å²) in [5, 5.41) is 20.2. The van der Waals surface area contributed by atoms with Gasteiger partial charge in [-0.15, -0.1) is 0 Å². The highest BCUT2D eigenvalue weighted by Crippen LogP contribution is 2.53. The average Bonchev–Trinajstić information content (AvgIpc) is 3.48. The molecule has 10 nitrogen and oxygen atoms in total. The SMILES string of the molecule is CC(C)(C)OC(=O)NC(CC1(C(=O)O)CC1)C(=O)O.NC1CC2(CC2)C(=O)CC1=O. The summed E-state index contributed by atoms with van der Waals surface area (Å²) in [5.41, 5.74) is 3.65. The Morgan fingerprint density at radius 1 is 1.17 bits per heavy atom. The first-order valence-electron chi connectivity index (χ1n) is 9.97. The fourth-order valence-corrected chi connectivity index (χ4v) is 3.46. The first kappa shape index (κ1) is 23.8. The first-order valence-corrected chi connectivity index (χ1v) is 9.97. The molecule has 5 N–H and O–H groups in total. The van der Waals surface area contributed by atoms with Gasteiger partial charge >= 0.3 is 18.0 Å². The topological polar surface area (TPSA) is 173 Å². The minimum absolute atomic E-state index is 0.0764. The number of ether oxygens (including phenoxy) is 1. The largest absolute Gasteiger partial charge is 0.481 e. The Labute approximate surface area is 174 Å². The third kappa shape index (κ3) is 6.01. The predicted octanol–water partition coefficient (Wildman–Crippen LogP) is 1.25. The average molecular weight is 426 g/mol. The molecule has 30 heavy (non-hydrogen) atoms. The first-order chi connectivity index (χ1) is 13.7. The molecule has 0 radical (unpaired) electrons. The van der Waals surface area contributed by atoms with Crippen LogP contribution in [0.4, 0.5) is 4.79 Å². The Bertz CT molecular complexity index is 746. The van der Waals surface area contributed by atoms with E-state index in [1.165, 1.54) is 0 Å². The number of hydrogen-bond acceptors (Lipinski definition) is 7. The van der Waals surface area contributed by atoms with Crippen LogP contribution in [0.15, 0.2) is 0 Å². The molecule has 3 aliphatic carbocycles. The molecule has 10 heteroatoms. The molecule has 0 aromatic heterocycles. The molecule has 3 aliphatic rings. The van der Waals surface area contributed by atoms with Crippen molar-refractivity contribution in [3.05, 3.63) is 0 Å². The van der Waals surface area contributed by atoms with E-state index >= 15 is 0 Å². The normalized spacial score (nSPS) is 24.2. The van der Waals surface area contributed by atoms with E-state index in [4.69, 9.17) is 20.7 Å². The zero-order chi connectivity index (χ0) is 22.9. The van der Waals surface area contributed by atoms with Crippen molar-refractivity contribution in [1.29, 1.82) is 0 Å². The molecule has 0 aromatic rings. The number of Topliss-reactive ketones (excluding diaryl/α,β-unsaturated/α-hetero) is 2. The fourth-order valence-electron chi connectivity index (χ4n) is 3.46. The van der Waals surface area contributed by atoms with Gasteiger partial charge in [0.25, 0.3) is 0 Å². The molecule has 0 heterocycles. The lowest BCUT2D eigenvalue weighted by Crippen LogP contribution is -2.45. The summed E-state index contributed by atoms with van der Waals surface area (Å²) in [4.78, 5) is 55.8. The van der Waals surface area contributed by atoms with E-state index in [0.29, 0.717) is 19.3 Å². The van der Waals surface area contributed by atoms with Crippen LogP contribution in [0.5, 0.6) is 0 Å². The molecular weight excluding hydrogens is 396 g/mol. The molecule has 3 fully saturated rings. The van der Waals surface area contributed by atoms with E-state index in [-0.39, 0.29) is 35.9 Å². The maximum absolute atomic E-state index is 11.5. The van der Waals surface area contributed by atoms with Gasteiger partial charge in [0, 0.05) is 5.41 Å². The number of alkyl carbamates (subject to hydrolysis) is 1. The van der Waals surface area contributed by atoms with Gasteiger partial charge in [-0.05, 0) is 59.3 Å². The number of ketones is 2. The van der Waals surface area contributed by atoms with Crippen molar-refractivity contribution < 1.29 is 38.9 Å². The van der Waals surface area contributed by atoms with Gasteiger partial charge in [0.15, 0.2) is 5.78 Å². The quantitative estimate of drug-likeness (QED) is 0.472. The second-order valence-corrected chi connectivity index (χ2v) is 9.48. The lowest BCUT2D eigenvalue weighted by Gasteiger charge is -2.23. The maximum Gasteiger partial charge on any atom is 0.408 e. The van der Waals surface area contributed by atoms with Crippen molar-refractivity contribution >= 4 is 29.6 Å². The third-order valence-electron chi connectivity index (χ3n) is 5.70. The van der Waals surface area contributed by atoms with Crippen LogP contribution in [0, 0.1) is 10.8 Å². The molecule has 0 aromatic carbocycles. The van der Waals surface area contributed by atoms with Crippen molar-refractivity contribution in [2.45, 2.75) is 83.4 Å². The van der Waals surface area contributed by atoms with Gasteiger partial charge in [-0.3, -0.25) is 14.4 Å².